The molecule has 0 aromatic carbocycles. The van der Waals surface area contributed by atoms with Crippen molar-refractivity contribution >= 4 is 33.9 Å². The first-order chi connectivity index (χ1) is 6.72. The number of hydrogen-bond acceptors (Lipinski definition) is 2. The van der Waals surface area contributed by atoms with Crippen molar-refractivity contribution in [3.63, 3.8) is 0 Å². The Morgan fingerprint density at radius 3 is 2.43 bits per heavy atom. The monoisotopic (exact) mass is 323 g/mol. The van der Waals surface area contributed by atoms with Gasteiger partial charge in [0, 0.05) is 6.04 Å². The van der Waals surface area contributed by atoms with E-state index in [-0.39, 0.29) is 0 Å². The second-order valence-electron chi connectivity index (χ2n) is 3.53. The van der Waals surface area contributed by atoms with Gasteiger partial charge in [-0.2, -0.15) is 0 Å². The molecular weight excluding hydrogens is 305 g/mol. The van der Waals surface area contributed by atoms with Gasteiger partial charge in [0.25, 0.3) is 0 Å². The smallest absolute Gasteiger partial charge is 0.0656 e. The van der Waals surface area contributed by atoms with Gasteiger partial charge in [0.05, 0.1) is 2.88 Å². The predicted octanol–water partition coefficient (Wildman–Crippen LogP) is 4.05. The fourth-order valence-corrected chi connectivity index (χ4v) is 3.33. The molecule has 0 aliphatic rings. The molecule has 1 heterocycles. The van der Waals surface area contributed by atoms with Crippen LogP contribution in [0.15, 0.2) is 11.4 Å². The minimum Gasteiger partial charge on any atom is -0.313 e. The molecule has 0 aliphatic carbocycles. The van der Waals surface area contributed by atoms with Crippen molar-refractivity contribution in [2.24, 2.45) is 5.92 Å². The van der Waals surface area contributed by atoms with Crippen LogP contribution in [-0.2, 0) is 0 Å². The molecule has 0 bridgehead atoms. The van der Waals surface area contributed by atoms with E-state index in [1.54, 1.807) is 0 Å². The molecular formula is C11H18INS. The summed E-state index contributed by atoms with van der Waals surface area (Å²) in [7, 11) is 2.06. The van der Waals surface area contributed by atoms with E-state index in [9.17, 15) is 0 Å². The molecule has 1 aromatic rings. The van der Waals surface area contributed by atoms with Gasteiger partial charge in [-0.3, -0.25) is 0 Å². The highest BCUT2D eigenvalue weighted by molar-refractivity contribution is 14.1. The van der Waals surface area contributed by atoms with Crippen LogP contribution >= 0.6 is 33.9 Å². The minimum atomic E-state index is 0.532. The van der Waals surface area contributed by atoms with E-state index >= 15 is 0 Å². The maximum absolute atomic E-state index is 3.44. The molecule has 0 amide bonds. The number of nitrogens with one attached hydrogen (secondary N) is 1. The van der Waals surface area contributed by atoms with Gasteiger partial charge in [0.15, 0.2) is 0 Å². The third-order valence-electron chi connectivity index (χ3n) is 2.78. The molecule has 1 N–H and O–H groups in total. The van der Waals surface area contributed by atoms with Crippen LogP contribution in [0.5, 0.6) is 0 Å². The van der Waals surface area contributed by atoms with Crippen LogP contribution in [0, 0.1) is 8.80 Å². The minimum absolute atomic E-state index is 0.532. The fourth-order valence-electron chi connectivity index (χ4n) is 1.92. The molecule has 1 rings (SSSR count). The molecule has 0 aliphatic heterocycles. The lowest BCUT2D eigenvalue weighted by Gasteiger charge is -2.24. The average molecular weight is 323 g/mol. The average Bonchev–Trinajstić information content (AvgIpc) is 2.60. The summed E-state index contributed by atoms with van der Waals surface area (Å²) in [6.45, 7) is 4.55. The number of thiophene rings is 1. The summed E-state index contributed by atoms with van der Waals surface area (Å²) in [5, 5.41) is 5.72. The summed E-state index contributed by atoms with van der Waals surface area (Å²) in [6.07, 6.45) is 2.49. The van der Waals surface area contributed by atoms with E-state index < -0.39 is 0 Å². The van der Waals surface area contributed by atoms with Crippen LogP contribution in [-0.4, -0.2) is 7.05 Å². The first-order valence-electron chi connectivity index (χ1n) is 5.14. The Kier molecular flexibility index (Phi) is 5.41. The van der Waals surface area contributed by atoms with Gasteiger partial charge in [0.2, 0.25) is 0 Å². The number of rotatable bonds is 5. The Morgan fingerprint density at radius 2 is 2.07 bits per heavy atom. The maximum Gasteiger partial charge on any atom is 0.0656 e. The zero-order valence-corrected chi connectivity index (χ0v) is 12.0. The number of hydrogen-bond donors (Lipinski definition) is 1. The normalized spacial score (nSPS) is 13.5. The molecule has 14 heavy (non-hydrogen) atoms. The molecule has 1 unspecified atom stereocenters. The van der Waals surface area contributed by atoms with Crippen LogP contribution < -0.4 is 5.32 Å². The van der Waals surface area contributed by atoms with Crippen molar-refractivity contribution in [1.29, 1.82) is 0 Å². The SMILES string of the molecule is CCC(CC)C(NC)c1csc(I)c1. The molecule has 0 fully saturated rings. The summed E-state index contributed by atoms with van der Waals surface area (Å²) in [5.41, 5.74) is 1.45. The molecule has 1 nitrogen and oxygen atoms in total. The van der Waals surface area contributed by atoms with E-state index in [1.165, 1.54) is 21.3 Å². The van der Waals surface area contributed by atoms with E-state index in [0.717, 1.165) is 5.92 Å². The van der Waals surface area contributed by atoms with Crippen molar-refractivity contribution in [2.45, 2.75) is 32.7 Å². The van der Waals surface area contributed by atoms with Gasteiger partial charge in [-0.05, 0) is 52.6 Å². The fraction of sp³-hybridized carbons (Fsp3) is 0.636. The highest BCUT2D eigenvalue weighted by Crippen LogP contribution is 2.30. The van der Waals surface area contributed by atoms with Crippen molar-refractivity contribution in [1.82, 2.24) is 5.32 Å². The van der Waals surface area contributed by atoms with Gasteiger partial charge in [-0.15, -0.1) is 11.3 Å². The van der Waals surface area contributed by atoms with Crippen LogP contribution in [0.1, 0.15) is 38.3 Å². The van der Waals surface area contributed by atoms with Crippen molar-refractivity contribution in [3.05, 3.63) is 19.9 Å². The van der Waals surface area contributed by atoms with Crippen molar-refractivity contribution in [3.8, 4) is 0 Å². The van der Waals surface area contributed by atoms with Crippen molar-refractivity contribution < 1.29 is 0 Å². The largest absolute Gasteiger partial charge is 0.313 e. The molecule has 0 saturated carbocycles. The second-order valence-corrected chi connectivity index (χ2v) is 6.33. The highest BCUT2D eigenvalue weighted by atomic mass is 127. The van der Waals surface area contributed by atoms with E-state index in [4.69, 9.17) is 0 Å². The first-order valence-corrected chi connectivity index (χ1v) is 7.09. The van der Waals surface area contributed by atoms with E-state index in [2.05, 4.69) is 60.2 Å². The summed E-state index contributed by atoms with van der Waals surface area (Å²) in [4.78, 5) is 0. The quantitative estimate of drug-likeness (QED) is 0.806. The Bertz CT molecular complexity index is 268. The summed E-state index contributed by atoms with van der Waals surface area (Å²) in [6, 6.07) is 2.83. The summed E-state index contributed by atoms with van der Waals surface area (Å²) < 4.78 is 1.38. The van der Waals surface area contributed by atoms with Crippen LogP contribution in [0.25, 0.3) is 0 Å². The van der Waals surface area contributed by atoms with Gasteiger partial charge in [-0.1, -0.05) is 26.7 Å². The van der Waals surface area contributed by atoms with Crippen LogP contribution in [0.2, 0.25) is 0 Å². The summed E-state index contributed by atoms with van der Waals surface area (Å²) >= 11 is 4.22. The lowest BCUT2D eigenvalue weighted by molar-refractivity contribution is 0.360. The molecule has 3 heteroatoms. The van der Waals surface area contributed by atoms with Crippen LogP contribution in [0.4, 0.5) is 0 Å². The van der Waals surface area contributed by atoms with E-state index in [0.29, 0.717) is 6.04 Å². The first kappa shape index (κ1) is 12.5. The maximum atomic E-state index is 3.44. The Morgan fingerprint density at radius 1 is 1.43 bits per heavy atom. The zero-order valence-electron chi connectivity index (χ0n) is 9.01. The molecule has 0 spiro atoms. The standard InChI is InChI=1S/C11H18INS/c1-4-8(5-2)11(13-3)9-6-10(12)14-7-9/h6-8,11,13H,4-5H2,1-3H3. The van der Waals surface area contributed by atoms with Crippen molar-refractivity contribution in [2.75, 3.05) is 7.05 Å². The highest BCUT2D eigenvalue weighted by Gasteiger charge is 2.19. The lowest BCUT2D eigenvalue weighted by atomic mass is 9.90. The zero-order chi connectivity index (χ0) is 10.6. The van der Waals surface area contributed by atoms with Gasteiger partial charge < -0.3 is 5.32 Å². The molecule has 1 aromatic heterocycles. The molecule has 1 atom stereocenters. The Labute approximate surface area is 104 Å². The summed E-state index contributed by atoms with van der Waals surface area (Å²) in [5.74, 6) is 0.755. The number of halogens is 1. The Hall–Kier alpha value is 0.390. The molecule has 0 saturated heterocycles. The molecule has 0 radical (unpaired) electrons. The third-order valence-corrected chi connectivity index (χ3v) is 4.59. The van der Waals surface area contributed by atoms with Crippen LogP contribution in [0.3, 0.4) is 0 Å². The van der Waals surface area contributed by atoms with Gasteiger partial charge in [-0.25, -0.2) is 0 Å². The molecule has 80 valence electrons. The predicted molar refractivity (Wildman–Crippen MR) is 72.9 cm³/mol. The third kappa shape index (κ3) is 2.94. The van der Waals surface area contributed by atoms with Gasteiger partial charge in [0.1, 0.15) is 0 Å². The Balaban J connectivity index is 2.80. The van der Waals surface area contributed by atoms with Gasteiger partial charge >= 0.3 is 0 Å². The topological polar surface area (TPSA) is 12.0 Å². The second kappa shape index (κ2) is 6.08. The lowest BCUT2D eigenvalue weighted by Crippen LogP contribution is -2.24. The van der Waals surface area contributed by atoms with E-state index in [1.807, 2.05) is 11.3 Å².